The summed E-state index contributed by atoms with van der Waals surface area (Å²) in [7, 11) is 5.64. The summed E-state index contributed by atoms with van der Waals surface area (Å²) in [5.74, 6) is 1.25. The lowest BCUT2D eigenvalue weighted by atomic mass is 10.2. The molecule has 0 fully saturated rings. The van der Waals surface area contributed by atoms with Crippen LogP contribution in [0.25, 0.3) is 17.1 Å². The van der Waals surface area contributed by atoms with E-state index >= 15 is 0 Å². The topological polar surface area (TPSA) is 72.3 Å². The van der Waals surface area contributed by atoms with Gasteiger partial charge in [0.25, 0.3) is 5.91 Å². The molecule has 7 heteroatoms. The average Bonchev–Trinajstić information content (AvgIpc) is 3.17. The van der Waals surface area contributed by atoms with Crippen LogP contribution in [0.1, 0.15) is 17.0 Å². The van der Waals surface area contributed by atoms with Gasteiger partial charge in [0.2, 0.25) is 5.82 Å². The summed E-state index contributed by atoms with van der Waals surface area (Å²) in [6.45, 7) is 1.48. The largest absolute Gasteiger partial charge is 0.497 e. The van der Waals surface area contributed by atoms with Crippen molar-refractivity contribution in [3.8, 4) is 22.8 Å². The zero-order chi connectivity index (χ0) is 19.9. The fraction of sp³-hybridized carbons (Fsp3) is 0.286. The van der Waals surface area contributed by atoms with E-state index in [-0.39, 0.29) is 11.7 Å². The van der Waals surface area contributed by atoms with E-state index in [0.29, 0.717) is 12.4 Å². The third-order valence-corrected chi connectivity index (χ3v) is 4.23. The van der Waals surface area contributed by atoms with Crippen LogP contribution in [0.3, 0.4) is 0 Å². The Morgan fingerprint density at radius 1 is 1.11 bits per heavy atom. The standard InChI is InChI=1S/C21H25N5O2/c1-25(2)15-7-14-22-21(27)19-23-20(16-8-5-4-6-9-16)26(24-19)17-10-12-18(28-3)13-11-17/h4-6,8-13H,7,14-15H2,1-3H3,(H,22,27). The Balaban J connectivity index is 1.88. The van der Waals surface area contributed by atoms with Gasteiger partial charge in [0, 0.05) is 12.1 Å². The molecule has 3 aromatic rings. The quantitative estimate of drug-likeness (QED) is 0.609. The molecular formula is C21H25N5O2. The van der Waals surface area contributed by atoms with Crippen LogP contribution in [-0.4, -0.2) is 59.9 Å². The molecule has 0 aliphatic carbocycles. The maximum absolute atomic E-state index is 12.5. The molecule has 146 valence electrons. The molecule has 0 aliphatic heterocycles. The van der Waals surface area contributed by atoms with Gasteiger partial charge < -0.3 is 15.0 Å². The Labute approximate surface area is 165 Å². The Hall–Kier alpha value is -3.19. The van der Waals surface area contributed by atoms with Crippen LogP contribution in [0.2, 0.25) is 0 Å². The zero-order valence-electron chi connectivity index (χ0n) is 16.4. The predicted molar refractivity (Wildman–Crippen MR) is 109 cm³/mol. The molecule has 3 rings (SSSR count). The summed E-state index contributed by atoms with van der Waals surface area (Å²) < 4.78 is 6.91. The third-order valence-electron chi connectivity index (χ3n) is 4.23. The van der Waals surface area contributed by atoms with Gasteiger partial charge in [-0.05, 0) is 51.3 Å². The highest BCUT2D eigenvalue weighted by molar-refractivity contribution is 5.91. The molecule has 0 aliphatic rings. The van der Waals surface area contributed by atoms with Crippen LogP contribution >= 0.6 is 0 Å². The minimum absolute atomic E-state index is 0.152. The summed E-state index contributed by atoms with van der Waals surface area (Å²) in [6, 6.07) is 17.2. The number of carbonyl (C=O) groups excluding carboxylic acids is 1. The van der Waals surface area contributed by atoms with E-state index in [4.69, 9.17) is 4.74 Å². The van der Waals surface area contributed by atoms with E-state index in [2.05, 4.69) is 20.3 Å². The number of rotatable bonds is 8. The van der Waals surface area contributed by atoms with Crippen molar-refractivity contribution in [2.24, 2.45) is 0 Å². The molecule has 0 bridgehead atoms. The smallest absolute Gasteiger partial charge is 0.290 e. The van der Waals surface area contributed by atoms with E-state index in [1.54, 1.807) is 11.8 Å². The summed E-state index contributed by atoms with van der Waals surface area (Å²) >= 11 is 0. The fourth-order valence-electron chi connectivity index (χ4n) is 2.76. The second-order valence-electron chi connectivity index (χ2n) is 6.65. The van der Waals surface area contributed by atoms with E-state index in [1.165, 1.54) is 0 Å². The van der Waals surface area contributed by atoms with Crippen LogP contribution in [0, 0.1) is 0 Å². The Morgan fingerprint density at radius 2 is 1.82 bits per heavy atom. The number of ether oxygens (including phenoxy) is 1. The van der Waals surface area contributed by atoms with E-state index < -0.39 is 0 Å². The lowest BCUT2D eigenvalue weighted by Gasteiger charge is -2.08. The van der Waals surface area contributed by atoms with Crippen molar-refractivity contribution in [1.29, 1.82) is 0 Å². The second kappa shape index (κ2) is 9.14. The molecule has 1 amide bonds. The molecule has 0 atom stereocenters. The molecule has 0 radical (unpaired) electrons. The summed E-state index contributed by atoms with van der Waals surface area (Å²) in [4.78, 5) is 19.1. The SMILES string of the molecule is COc1ccc(-n2nc(C(=O)NCCCN(C)C)nc2-c2ccccc2)cc1. The van der Waals surface area contributed by atoms with Gasteiger partial charge in [-0.3, -0.25) is 4.79 Å². The molecule has 0 saturated heterocycles. The Bertz CT molecular complexity index is 904. The number of carbonyl (C=O) groups is 1. The number of nitrogens with zero attached hydrogens (tertiary/aromatic N) is 4. The van der Waals surface area contributed by atoms with E-state index in [9.17, 15) is 4.79 Å². The minimum Gasteiger partial charge on any atom is -0.497 e. The van der Waals surface area contributed by atoms with Gasteiger partial charge >= 0.3 is 0 Å². The summed E-state index contributed by atoms with van der Waals surface area (Å²) in [5.41, 5.74) is 1.69. The fourth-order valence-corrected chi connectivity index (χ4v) is 2.76. The first-order valence-corrected chi connectivity index (χ1v) is 9.18. The van der Waals surface area contributed by atoms with Crippen LogP contribution in [-0.2, 0) is 0 Å². The monoisotopic (exact) mass is 379 g/mol. The Kier molecular flexibility index (Phi) is 6.39. The Morgan fingerprint density at radius 3 is 2.46 bits per heavy atom. The van der Waals surface area contributed by atoms with Gasteiger partial charge in [-0.25, -0.2) is 9.67 Å². The number of nitrogens with one attached hydrogen (secondary N) is 1. The number of hydrogen-bond donors (Lipinski definition) is 1. The first kappa shape index (κ1) is 19.6. The second-order valence-corrected chi connectivity index (χ2v) is 6.65. The molecule has 1 aromatic heterocycles. The first-order chi connectivity index (χ1) is 13.6. The van der Waals surface area contributed by atoms with Crippen molar-refractivity contribution in [3.63, 3.8) is 0 Å². The highest BCUT2D eigenvalue weighted by Crippen LogP contribution is 2.22. The van der Waals surface area contributed by atoms with Crippen LogP contribution in [0.4, 0.5) is 0 Å². The van der Waals surface area contributed by atoms with E-state index in [0.717, 1.165) is 30.0 Å². The molecule has 2 aromatic carbocycles. The van der Waals surface area contributed by atoms with Crippen LogP contribution in [0.5, 0.6) is 5.75 Å². The molecule has 28 heavy (non-hydrogen) atoms. The van der Waals surface area contributed by atoms with Crippen LogP contribution in [0.15, 0.2) is 54.6 Å². The van der Waals surface area contributed by atoms with Crippen molar-refractivity contribution >= 4 is 5.91 Å². The number of benzene rings is 2. The molecule has 0 saturated carbocycles. The lowest BCUT2D eigenvalue weighted by molar-refractivity contribution is 0.0942. The first-order valence-electron chi connectivity index (χ1n) is 9.18. The minimum atomic E-state index is -0.275. The van der Waals surface area contributed by atoms with Gasteiger partial charge in [-0.15, -0.1) is 5.10 Å². The number of methoxy groups -OCH3 is 1. The highest BCUT2D eigenvalue weighted by atomic mass is 16.5. The van der Waals surface area contributed by atoms with Crippen molar-refractivity contribution in [1.82, 2.24) is 25.0 Å². The molecule has 1 heterocycles. The maximum Gasteiger partial charge on any atom is 0.290 e. The van der Waals surface area contributed by atoms with E-state index in [1.807, 2.05) is 68.7 Å². The van der Waals surface area contributed by atoms with Gasteiger partial charge in [0.1, 0.15) is 5.75 Å². The molecule has 1 N–H and O–H groups in total. The van der Waals surface area contributed by atoms with Crippen molar-refractivity contribution < 1.29 is 9.53 Å². The number of aromatic nitrogens is 3. The van der Waals surface area contributed by atoms with Gasteiger partial charge in [0.05, 0.1) is 12.8 Å². The zero-order valence-corrected chi connectivity index (χ0v) is 16.4. The van der Waals surface area contributed by atoms with Crippen LogP contribution < -0.4 is 10.1 Å². The van der Waals surface area contributed by atoms with Crippen molar-refractivity contribution in [2.45, 2.75) is 6.42 Å². The third kappa shape index (κ3) is 4.75. The summed E-state index contributed by atoms with van der Waals surface area (Å²) in [5, 5.41) is 7.36. The van der Waals surface area contributed by atoms with Crippen molar-refractivity contribution in [3.05, 3.63) is 60.4 Å². The van der Waals surface area contributed by atoms with Gasteiger partial charge in [-0.2, -0.15) is 0 Å². The highest BCUT2D eigenvalue weighted by Gasteiger charge is 2.18. The molecule has 0 unspecified atom stereocenters. The molecular weight excluding hydrogens is 354 g/mol. The summed E-state index contributed by atoms with van der Waals surface area (Å²) in [6.07, 6.45) is 0.865. The normalized spacial score (nSPS) is 10.9. The van der Waals surface area contributed by atoms with Gasteiger partial charge in [0.15, 0.2) is 5.82 Å². The molecule has 0 spiro atoms. The number of amides is 1. The average molecular weight is 379 g/mol. The maximum atomic E-state index is 12.5. The van der Waals surface area contributed by atoms with Crippen molar-refractivity contribution in [2.75, 3.05) is 34.3 Å². The van der Waals surface area contributed by atoms with Gasteiger partial charge in [-0.1, -0.05) is 30.3 Å². The lowest BCUT2D eigenvalue weighted by Crippen LogP contribution is -2.28. The predicted octanol–water partition coefficient (Wildman–Crippen LogP) is 2.62. The number of hydrogen-bond acceptors (Lipinski definition) is 5. The molecule has 7 nitrogen and oxygen atoms in total.